The molecule has 6 nitrogen and oxygen atoms in total. The zero-order chi connectivity index (χ0) is 17.1. The number of aliphatic hydroxyl groups excluding tert-OH is 1. The molecule has 2 atom stereocenters. The van der Waals surface area contributed by atoms with Crippen molar-refractivity contribution in [1.82, 2.24) is 14.7 Å². The minimum absolute atomic E-state index is 0.237. The molecule has 0 aliphatic rings. The van der Waals surface area contributed by atoms with Crippen molar-refractivity contribution in [3.8, 4) is 5.75 Å². The number of amides is 1. The fraction of sp³-hybridized carbons (Fsp3) is 0.222. The van der Waals surface area contributed by atoms with Crippen molar-refractivity contribution >= 4 is 11.4 Å². The van der Waals surface area contributed by atoms with Crippen LogP contribution in [0, 0.1) is 0 Å². The summed E-state index contributed by atoms with van der Waals surface area (Å²) >= 11 is 0. The maximum Gasteiger partial charge on any atom is 0.251 e. The molecule has 2 heterocycles. The summed E-state index contributed by atoms with van der Waals surface area (Å²) in [5.41, 5.74) is 2.08. The molecule has 0 saturated carbocycles. The summed E-state index contributed by atoms with van der Waals surface area (Å²) in [6.45, 7) is 1.77. The summed E-state index contributed by atoms with van der Waals surface area (Å²) in [5.74, 6) is 0.482. The van der Waals surface area contributed by atoms with Gasteiger partial charge in [-0.1, -0.05) is 12.1 Å². The van der Waals surface area contributed by atoms with E-state index in [0.717, 1.165) is 16.8 Å². The van der Waals surface area contributed by atoms with Gasteiger partial charge in [-0.2, -0.15) is 0 Å². The van der Waals surface area contributed by atoms with Gasteiger partial charge in [-0.25, -0.2) is 4.98 Å². The van der Waals surface area contributed by atoms with E-state index in [9.17, 15) is 9.90 Å². The number of methoxy groups -OCH3 is 1. The van der Waals surface area contributed by atoms with Crippen molar-refractivity contribution < 1.29 is 14.6 Å². The van der Waals surface area contributed by atoms with E-state index < -0.39 is 12.1 Å². The number of hydrogen-bond donors (Lipinski definition) is 2. The van der Waals surface area contributed by atoms with Gasteiger partial charge in [0.25, 0.3) is 5.91 Å². The second-order valence-electron chi connectivity index (χ2n) is 5.62. The van der Waals surface area contributed by atoms with Crippen molar-refractivity contribution in [2.45, 2.75) is 19.1 Å². The third kappa shape index (κ3) is 3.23. The van der Waals surface area contributed by atoms with Crippen LogP contribution in [-0.2, 0) is 0 Å². The van der Waals surface area contributed by atoms with Crippen LogP contribution in [0.25, 0.3) is 5.52 Å². The lowest BCUT2D eigenvalue weighted by molar-refractivity contribution is 0.0852. The van der Waals surface area contributed by atoms with Crippen molar-refractivity contribution in [3.63, 3.8) is 0 Å². The maximum absolute atomic E-state index is 12.4. The molecule has 2 N–H and O–H groups in total. The lowest BCUT2D eigenvalue weighted by atomic mass is 10.0. The molecule has 0 saturated heterocycles. The molecule has 0 radical (unpaired) electrons. The number of imidazole rings is 1. The molecule has 3 aromatic rings. The van der Waals surface area contributed by atoms with E-state index >= 15 is 0 Å². The van der Waals surface area contributed by atoms with Gasteiger partial charge in [0.05, 0.1) is 37.3 Å². The molecule has 0 spiro atoms. The Kier molecular flexibility index (Phi) is 4.48. The van der Waals surface area contributed by atoms with Gasteiger partial charge < -0.3 is 19.6 Å². The van der Waals surface area contributed by atoms with Gasteiger partial charge in [0, 0.05) is 11.8 Å². The minimum atomic E-state index is -0.807. The summed E-state index contributed by atoms with van der Waals surface area (Å²) in [6, 6.07) is 10.2. The van der Waals surface area contributed by atoms with Crippen LogP contribution in [0.15, 0.2) is 55.1 Å². The summed E-state index contributed by atoms with van der Waals surface area (Å²) in [4.78, 5) is 16.4. The normalized spacial score (nSPS) is 13.5. The molecule has 124 valence electrons. The molecule has 2 aromatic heterocycles. The van der Waals surface area contributed by atoms with E-state index in [1.807, 2.05) is 4.40 Å². The summed E-state index contributed by atoms with van der Waals surface area (Å²) in [7, 11) is 1.59. The van der Waals surface area contributed by atoms with E-state index in [-0.39, 0.29) is 5.91 Å². The molecule has 0 fully saturated rings. The van der Waals surface area contributed by atoms with Crippen molar-refractivity contribution in [3.05, 3.63) is 66.2 Å². The average molecular weight is 325 g/mol. The molecule has 3 rings (SSSR count). The second kappa shape index (κ2) is 6.72. The Labute approximate surface area is 139 Å². The number of ether oxygens (including phenoxy) is 1. The number of aliphatic hydroxyl groups is 1. The number of nitrogens with one attached hydrogen (secondary N) is 1. The number of pyridine rings is 1. The van der Waals surface area contributed by atoms with Gasteiger partial charge >= 0.3 is 0 Å². The number of carbonyl (C=O) groups is 1. The number of carbonyl (C=O) groups excluding carboxylic acids is 1. The van der Waals surface area contributed by atoms with Crippen LogP contribution in [0.1, 0.15) is 28.9 Å². The quantitative estimate of drug-likeness (QED) is 0.754. The molecule has 0 aliphatic heterocycles. The molecule has 1 aromatic carbocycles. The predicted molar refractivity (Wildman–Crippen MR) is 90.1 cm³/mol. The van der Waals surface area contributed by atoms with Crippen LogP contribution >= 0.6 is 0 Å². The standard InChI is InChI=1S/C18H19N3O3/c1-12(17(22)13-3-5-16(24-2)6-4-13)20-18(23)14-7-8-21-11-19-10-15(21)9-14/h3-12,17,22H,1-2H3,(H,20,23). The molecule has 6 heteroatoms. The number of fused-ring (bicyclic) bond motifs is 1. The largest absolute Gasteiger partial charge is 0.497 e. The molecular weight excluding hydrogens is 306 g/mol. The van der Waals surface area contributed by atoms with Crippen LogP contribution in [-0.4, -0.2) is 33.6 Å². The first-order valence-electron chi connectivity index (χ1n) is 7.63. The fourth-order valence-corrected chi connectivity index (χ4v) is 2.52. The van der Waals surface area contributed by atoms with Gasteiger partial charge in [-0.3, -0.25) is 4.79 Å². The Morgan fingerprint density at radius 2 is 2.04 bits per heavy atom. The van der Waals surface area contributed by atoms with E-state index in [1.165, 1.54) is 0 Å². The zero-order valence-electron chi connectivity index (χ0n) is 13.5. The third-order valence-corrected chi connectivity index (χ3v) is 3.97. The van der Waals surface area contributed by atoms with Crippen LogP contribution in [0.3, 0.4) is 0 Å². The van der Waals surface area contributed by atoms with E-state index in [1.54, 1.807) is 69.2 Å². The van der Waals surface area contributed by atoms with Gasteiger partial charge in [-0.15, -0.1) is 0 Å². The molecule has 2 unspecified atom stereocenters. The first-order chi connectivity index (χ1) is 11.6. The maximum atomic E-state index is 12.4. The van der Waals surface area contributed by atoms with Crippen molar-refractivity contribution in [2.24, 2.45) is 0 Å². The predicted octanol–water partition coefficient (Wildman–Crippen LogP) is 2.19. The molecular formula is C18H19N3O3. The summed E-state index contributed by atoms with van der Waals surface area (Å²) in [6.07, 6.45) is 4.33. The summed E-state index contributed by atoms with van der Waals surface area (Å²) < 4.78 is 6.93. The van der Waals surface area contributed by atoms with Crippen molar-refractivity contribution in [2.75, 3.05) is 7.11 Å². The Bertz CT molecular complexity index is 842. The molecule has 0 aliphatic carbocycles. The molecule has 1 amide bonds. The Balaban J connectivity index is 1.70. The number of nitrogens with zero attached hydrogens (tertiary/aromatic N) is 2. The van der Waals surface area contributed by atoms with Crippen LogP contribution < -0.4 is 10.1 Å². The lowest BCUT2D eigenvalue weighted by Gasteiger charge is -2.21. The zero-order valence-corrected chi connectivity index (χ0v) is 13.5. The average Bonchev–Trinajstić information content (AvgIpc) is 3.08. The number of rotatable bonds is 5. The Morgan fingerprint density at radius 3 is 2.75 bits per heavy atom. The number of hydrogen-bond acceptors (Lipinski definition) is 4. The van der Waals surface area contributed by atoms with Crippen molar-refractivity contribution in [1.29, 1.82) is 0 Å². The molecule has 24 heavy (non-hydrogen) atoms. The van der Waals surface area contributed by atoms with Gasteiger partial charge in [-0.05, 0) is 36.8 Å². The highest BCUT2D eigenvalue weighted by atomic mass is 16.5. The summed E-state index contributed by atoms with van der Waals surface area (Å²) in [5, 5.41) is 13.2. The minimum Gasteiger partial charge on any atom is -0.497 e. The number of aromatic nitrogens is 2. The third-order valence-electron chi connectivity index (χ3n) is 3.97. The van der Waals surface area contributed by atoms with E-state index in [4.69, 9.17) is 4.74 Å². The smallest absolute Gasteiger partial charge is 0.251 e. The SMILES string of the molecule is COc1ccc(C(O)C(C)NC(=O)c2ccn3cncc3c2)cc1. The molecule has 0 bridgehead atoms. The van der Waals surface area contributed by atoms with E-state index in [2.05, 4.69) is 10.3 Å². The highest BCUT2D eigenvalue weighted by Crippen LogP contribution is 2.20. The highest BCUT2D eigenvalue weighted by Gasteiger charge is 2.19. The highest BCUT2D eigenvalue weighted by molar-refractivity contribution is 5.95. The Hall–Kier alpha value is -2.86. The Morgan fingerprint density at radius 1 is 1.29 bits per heavy atom. The second-order valence-corrected chi connectivity index (χ2v) is 5.62. The van der Waals surface area contributed by atoms with Crippen LogP contribution in [0.2, 0.25) is 0 Å². The first-order valence-corrected chi connectivity index (χ1v) is 7.63. The van der Waals surface area contributed by atoms with Gasteiger partial charge in [0.15, 0.2) is 0 Å². The lowest BCUT2D eigenvalue weighted by Crippen LogP contribution is -2.37. The topological polar surface area (TPSA) is 75.9 Å². The first kappa shape index (κ1) is 16.0. The van der Waals surface area contributed by atoms with E-state index in [0.29, 0.717) is 5.56 Å². The number of benzene rings is 1. The fourth-order valence-electron chi connectivity index (χ4n) is 2.52. The monoisotopic (exact) mass is 325 g/mol. The van der Waals surface area contributed by atoms with Gasteiger partial charge in [0.1, 0.15) is 5.75 Å². The van der Waals surface area contributed by atoms with Crippen LogP contribution in [0.4, 0.5) is 0 Å². The van der Waals surface area contributed by atoms with Crippen LogP contribution in [0.5, 0.6) is 5.75 Å². The van der Waals surface area contributed by atoms with Gasteiger partial charge in [0.2, 0.25) is 0 Å².